The van der Waals surface area contributed by atoms with Gasteiger partial charge in [-0.25, -0.2) is 4.79 Å². The lowest BCUT2D eigenvalue weighted by molar-refractivity contribution is 0.00688. The lowest BCUT2D eigenvalue weighted by Gasteiger charge is -2.24. The molecule has 0 aliphatic carbocycles. The topological polar surface area (TPSA) is 63.0 Å². The van der Waals surface area contributed by atoms with E-state index < -0.39 is 11.6 Å². The number of aromatic nitrogens is 1. The Morgan fingerprint density at radius 2 is 1.67 bits per heavy atom. The summed E-state index contributed by atoms with van der Waals surface area (Å²) >= 11 is 0. The second kappa shape index (κ2) is 10.0. The first-order valence-corrected chi connectivity index (χ1v) is 11.4. The van der Waals surface area contributed by atoms with Gasteiger partial charge in [-0.2, -0.15) is 5.26 Å². The molecule has 3 aromatic rings. The third-order valence-electron chi connectivity index (χ3n) is 5.22. The molecule has 0 aliphatic heterocycles. The van der Waals surface area contributed by atoms with Gasteiger partial charge in [-0.1, -0.05) is 74.0 Å². The molecule has 0 bridgehead atoms. The number of nitriles is 1. The van der Waals surface area contributed by atoms with E-state index in [0.717, 1.165) is 22.4 Å². The molecule has 0 spiro atoms. The Labute approximate surface area is 197 Å². The van der Waals surface area contributed by atoms with E-state index in [0.29, 0.717) is 41.1 Å². The number of aryl methyl sites for hydroxylation is 1. The van der Waals surface area contributed by atoms with Gasteiger partial charge in [0.2, 0.25) is 0 Å². The lowest BCUT2D eigenvalue weighted by atomic mass is 9.88. The maximum absolute atomic E-state index is 13.6. The quantitative estimate of drug-likeness (QED) is 0.401. The van der Waals surface area contributed by atoms with E-state index in [9.17, 15) is 10.1 Å². The highest BCUT2D eigenvalue weighted by molar-refractivity contribution is 6.00. The van der Waals surface area contributed by atoms with Crippen molar-refractivity contribution in [2.24, 2.45) is 5.92 Å². The zero-order valence-electron chi connectivity index (χ0n) is 20.4. The Bertz CT molecular complexity index is 1170. The van der Waals surface area contributed by atoms with Gasteiger partial charge in [0.15, 0.2) is 0 Å². The van der Waals surface area contributed by atoms with Crippen LogP contribution < -0.4 is 0 Å². The molecule has 0 radical (unpaired) electrons. The van der Waals surface area contributed by atoms with Gasteiger partial charge < -0.3 is 4.74 Å². The molecule has 170 valence electrons. The van der Waals surface area contributed by atoms with Crippen LogP contribution in [0.25, 0.3) is 11.1 Å². The molecule has 2 aromatic carbocycles. The summed E-state index contributed by atoms with van der Waals surface area (Å²) in [5.74, 6) is -0.142. The van der Waals surface area contributed by atoms with Crippen LogP contribution in [0.5, 0.6) is 0 Å². The smallest absolute Gasteiger partial charge is 0.341 e. The Kier molecular flexibility index (Phi) is 7.33. The Hall–Kier alpha value is -3.45. The first-order valence-electron chi connectivity index (χ1n) is 11.4. The molecular formula is C29H32N2O2. The van der Waals surface area contributed by atoms with Crippen molar-refractivity contribution in [2.75, 3.05) is 0 Å². The molecule has 0 amide bonds. The van der Waals surface area contributed by atoms with E-state index in [2.05, 4.69) is 19.9 Å². The third-order valence-corrected chi connectivity index (χ3v) is 5.22. The Morgan fingerprint density at radius 1 is 1.03 bits per heavy atom. The molecule has 0 atom stereocenters. The molecule has 3 rings (SSSR count). The van der Waals surface area contributed by atoms with Crippen molar-refractivity contribution in [3.05, 3.63) is 88.2 Å². The molecule has 1 heterocycles. The second-order valence-electron chi connectivity index (χ2n) is 9.87. The predicted molar refractivity (Wildman–Crippen MR) is 132 cm³/mol. The van der Waals surface area contributed by atoms with Crippen molar-refractivity contribution in [3.63, 3.8) is 0 Å². The van der Waals surface area contributed by atoms with E-state index >= 15 is 0 Å². The van der Waals surface area contributed by atoms with Gasteiger partial charge in [0.25, 0.3) is 0 Å². The van der Waals surface area contributed by atoms with Crippen LogP contribution in [-0.4, -0.2) is 16.6 Å². The number of hydrogen-bond donors (Lipinski definition) is 0. The molecule has 0 fully saturated rings. The van der Waals surface area contributed by atoms with Crippen LogP contribution in [0.3, 0.4) is 0 Å². The minimum atomic E-state index is -0.672. The summed E-state index contributed by atoms with van der Waals surface area (Å²) in [5.41, 5.74) is 5.11. The molecule has 0 saturated carbocycles. The first kappa shape index (κ1) is 24.2. The number of ether oxygens (including phenoxy) is 1. The number of nitrogens with zero attached hydrogens (tertiary/aromatic N) is 2. The number of pyridine rings is 1. The number of rotatable bonds is 6. The normalized spacial score (nSPS) is 11.3. The van der Waals surface area contributed by atoms with Crippen LogP contribution >= 0.6 is 0 Å². The van der Waals surface area contributed by atoms with E-state index in [1.807, 2.05) is 82.3 Å². The van der Waals surface area contributed by atoms with Crippen molar-refractivity contribution in [2.45, 2.75) is 60.0 Å². The fourth-order valence-electron chi connectivity index (χ4n) is 3.82. The maximum atomic E-state index is 13.6. The standard InChI is InChI=1S/C29H32N2O2/c1-19(2)16-24-23(18-30)26(22-14-12-20(3)13-15-22)27(28(32)33-29(4,5)6)25(31-24)17-21-10-8-7-9-11-21/h7-15,19H,16-17H2,1-6H3. The van der Waals surface area contributed by atoms with Crippen molar-refractivity contribution < 1.29 is 9.53 Å². The van der Waals surface area contributed by atoms with Crippen molar-refractivity contribution >= 4 is 5.97 Å². The molecule has 0 unspecified atom stereocenters. The summed E-state index contributed by atoms with van der Waals surface area (Å²) in [5, 5.41) is 10.2. The van der Waals surface area contributed by atoms with Crippen LogP contribution in [0, 0.1) is 24.2 Å². The average Bonchev–Trinajstić information content (AvgIpc) is 2.73. The predicted octanol–water partition coefficient (Wildman–Crippen LogP) is 6.67. The van der Waals surface area contributed by atoms with Gasteiger partial charge in [-0.05, 0) is 51.2 Å². The molecule has 0 N–H and O–H groups in total. The molecule has 0 aliphatic rings. The van der Waals surface area contributed by atoms with Crippen molar-refractivity contribution in [3.8, 4) is 17.2 Å². The van der Waals surface area contributed by atoms with E-state index in [-0.39, 0.29) is 0 Å². The van der Waals surface area contributed by atoms with E-state index in [1.165, 1.54) is 0 Å². The highest BCUT2D eigenvalue weighted by Gasteiger charge is 2.29. The summed E-state index contributed by atoms with van der Waals surface area (Å²) in [4.78, 5) is 18.5. The van der Waals surface area contributed by atoms with Crippen LogP contribution in [0.4, 0.5) is 0 Å². The van der Waals surface area contributed by atoms with Gasteiger partial charge >= 0.3 is 5.97 Å². The number of benzene rings is 2. The van der Waals surface area contributed by atoms with Gasteiger partial charge in [0.1, 0.15) is 11.7 Å². The third kappa shape index (κ3) is 6.08. The molecule has 1 aromatic heterocycles. The minimum Gasteiger partial charge on any atom is -0.456 e. The Morgan fingerprint density at radius 3 is 2.21 bits per heavy atom. The first-order chi connectivity index (χ1) is 15.6. The van der Waals surface area contributed by atoms with Crippen molar-refractivity contribution in [1.29, 1.82) is 5.26 Å². The highest BCUT2D eigenvalue weighted by atomic mass is 16.6. The second-order valence-corrected chi connectivity index (χ2v) is 9.87. The minimum absolute atomic E-state index is 0.312. The molecule has 0 saturated heterocycles. The van der Waals surface area contributed by atoms with Crippen LogP contribution in [0.2, 0.25) is 0 Å². The lowest BCUT2D eigenvalue weighted by Crippen LogP contribution is -2.26. The molecule has 4 heteroatoms. The molecule has 4 nitrogen and oxygen atoms in total. The van der Waals surface area contributed by atoms with E-state index in [1.54, 1.807) is 0 Å². The molecular weight excluding hydrogens is 408 g/mol. The van der Waals surface area contributed by atoms with Gasteiger partial charge in [0, 0.05) is 12.0 Å². The summed E-state index contributed by atoms with van der Waals surface area (Å²) in [7, 11) is 0. The summed E-state index contributed by atoms with van der Waals surface area (Å²) in [6.07, 6.45) is 1.13. The monoisotopic (exact) mass is 440 g/mol. The van der Waals surface area contributed by atoms with Crippen LogP contribution in [0.1, 0.15) is 73.1 Å². The Balaban J connectivity index is 2.36. The zero-order chi connectivity index (χ0) is 24.2. The zero-order valence-corrected chi connectivity index (χ0v) is 20.4. The van der Waals surface area contributed by atoms with Gasteiger partial charge in [0.05, 0.1) is 22.5 Å². The van der Waals surface area contributed by atoms with Gasteiger partial charge in [-0.3, -0.25) is 4.98 Å². The van der Waals surface area contributed by atoms with Gasteiger partial charge in [-0.15, -0.1) is 0 Å². The van der Waals surface area contributed by atoms with Crippen molar-refractivity contribution in [1.82, 2.24) is 4.98 Å². The fraction of sp³-hybridized carbons (Fsp3) is 0.345. The van der Waals surface area contributed by atoms with Crippen LogP contribution in [-0.2, 0) is 17.6 Å². The summed E-state index contributed by atoms with van der Waals surface area (Å²) < 4.78 is 5.82. The number of carbonyl (C=O) groups is 1. The maximum Gasteiger partial charge on any atom is 0.341 e. The molecule has 33 heavy (non-hydrogen) atoms. The highest BCUT2D eigenvalue weighted by Crippen LogP contribution is 2.34. The number of hydrogen-bond acceptors (Lipinski definition) is 4. The SMILES string of the molecule is Cc1ccc(-c2c(C#N)c(CC(C)C)nc(Cc3ccccc3)c2C(=O)OC(C)(C)C)cc1. The van der Waals surface area contributed by atoms with E-state index in [4.69, 9.17) is 9.72 Å². The number of carbonyl (C=O) groups excluding carboxylic acids is 1. The average molecular weight is 441 g/mol. The number of esters is 1. The summed E-state index contributed by atoms with van der Waals surface area (Å²) in [6.45, 7) is 11.8. The van der Waals surface area contributed by atoms with Crippen LogP contribution in [0.15, 0.2) is 54.6 Å². The summed E-state index contributed by atoms with van der Waals surface area (Å²) in [6, 6.07) is 20.2. The largest absolute Gasteiger partial charge is 0.456 e. The fourth-order valence-corrected chi connectivity index (χ4v) is 3.82.